The van der Waals surface area contributed by atoms with Gasteiger partial charge in [-0.3, -0.25) is 4.68 Å². The average molecular weight is 330 g/mol. The summed E-state index contributed by atoms with van der Waals surface area (Å²) in [6.45, 7) is 4.17. The summed E-state index contributed by atoms with van der Waals surface area (Å²) in [6, 6.07) is 4.58. The van der Waals surface area contributed by atoms with E-state index in [-0.39, 0.29) is 17.4 Å². The van der Waals surface area contributed by atoms with Crippen molar-refractivity contribution in [2.75, 3.05) is 0 Å². The predicted molar refractivity (Wildman–Crippen MR) is 78.9 cm³/mol. The van der Waals surface area contributed by atoms with Gasteiger partial charge in [0.1, 0.15) is 18.1 Å². The molecular formula is C13H16ClN3O3S. The predicted octanol–water partition coefficient (Wildman–Crippen LogP) is 2.45. The molecule has 2 rings (SSSR count). The minimum Gasteiger partial charge on any atom is -0.487 e. The summed E-state index contributed by atoms with van der Waals surface area (Å²) in [7, 11) is 3.40. The molecule has 0 radical (unpaired) electrons. The number of benzene rings is 1. The molecule has 0 N–H and O–H groups in total. The Kier molecular flexibility index (Phi) is 4.53. The standard InChI is InChI=1S/C13H16ClN3O3S/c1-9(2)12-6-11(21(14,18)19)4-5-13(12)20-8-10-7-17(3)16-15-10/h4-7,9H,8H2,1-3H3. The highest BCUT2D eigenvalue weighted by atomic mass is 35.7. The molecule has 0 bridgehead atoms. The van der Waals surface area contributed by atoms with Crippen LogP contribution in [0.2, 0.25) is 0 Å². The van der Waals surface area contributed by atoms with Crippen molar-refractivity contribution in [1.82, 2.24) is 15.0 Å². The lowest BCUT2D eigenvalue weighted by Crippen LogP contribution is -2.02. The van der Waals surface area contributed by atoms with Crippen LogP contribution in [0, 0.1) is 0 Å². The first-order valence-corrected chi connectivity index (χ1v) is 8.65. The van der Waals surface area contributed by atoms with Crippen LogP contribution in [0.1, 0.15) is 31.0 Å². The van der Waals surface area contributed by atoms with E-state index in [4.69, 9.17) is 15.4 Å². The quantitative estimate of drug-likeness (QED) is 0.788. The number of aromatic nitrogens is 3. The molecule has 0 spiro atoms. The van der Waals surface area contributed by atoms with Crippen LogP contribution < -0.4 is 4.74 Å². The SMILES string of the molecule is CC(C)c1cc(S(=O)(=O)Cl)ccc1OCc1cn(C)nn1. The van der Waals surface area contributed by atoms with Gasteiger partial charge in [-0.25, -0.2) is 8.42 Å². The highest BCUT2D eigenvalue weighted by Gasteiger charge is 2.16. The lowest BCUT2D eigenvalue weighted by molar-refractivity contribution is 0.296. The number of rotatable bonds is 5. The third-order valence-corrected chi connectivity index (χ3v) is 4.26. The van der Waals surface area contributed by atoms with Crippen LogP contribution in [-0.4, -0.2) is 23.4 Å². The molecule has 21 heavy (non-hydrogen) atoms. The van der Waals surface area contributed by atoms with Crippen LogP contribution in [0.25, 0.3) is 0 Å². The van der Waals surface area contributed by atoms with Crippen LogP contribution in [0.15, 0.2) is 29.3 Å². The summed E-state index contributed by atoms with van der Waals surface area (Å²) in [5, 5.41) is 7.76. The average Bonchev–Trinajstić information content (AvgIpc) is 2.80. The number of hydrogen-bond acceptors (Lipinski definition) is 5. The fourth-order valence-electron chi connectivity index (χ4n) is 1.87. The first kappa shape index (κ1) is 15.8. The maximum absolute atomic E-state index is 11.4. The van der Waals surface area contributed by atoms with E-state index >= 15 is 0 Å². The zero-order valence-electron chi connectivity index (χ0n) is 11.9. The highest BCUT2D eigenvalue weighted by molar-refractivity contribution is 8.13. The fraction of sp³-hybridized carbons (Fsp3) is 0.385. The molecule has 8 heteroatoms. The second-order valence-corrected chi connectivity index (χ2v) is 7.53. The van der Waals surface area contributed by atoms with Gasteiger partial charge in [0, 0.05) is 17.7 Å². The van der Waals surface area contributed by atoms with Gasteiger partial charge in [0.15, 0.2) is 0 Å². The first-order valence-electron chi connectivity index (χ1n) is 6.34. The molecule has 114 valence electrons. The molecule has 1 aromatic heterocycles. The number of hydrogen-bond donors (Lipinski definition) is 0. The lowest BCUT2D eigenvalue weighted by Gasteiger charge is -2.14. The van der Waals surface area contributed by atoms with Gasteiger partial charge in [0.25, 0.3) is 9.05 Å². The first-order chi connectivity index (χ1) is 9.77. The number of ether oxygens (including phenoxy) is 1. The van der Waals surface area contributed by atoms with Crippen molar-refractivity contribution in [2.45, 2.75) is 31.3 Å². The molecule has 0 saturated heterocycles. The molecule has 0 fully saturated rings. The van der Waals surface area contributed by atoms with Crippen molar-refractivity contribution >= 4 is 19.7 Å². The van der Waals surface area contributed by atoms with Gasteiger partial charge >= 0.3 is 0 Å². The lowest BCUT2D eigenvalue weighted by atomic mass is 10.0. The molecule has 0 amide bonds. The van der Waals surface area contributed by atoms with Gasteiger partial charge in [-0.1, -0.05) is 19.1 Å². The van der Waals surface area contributed by atoms with E-state index < -0.39 is 9.05 Å². The van der Waals surface area contributed by atoms with Crippen LogP contribution >= 0.6 is 10.7 Å². The van der Waals surface area contributed by atoms with Gasteiger partial charge in [-0.05, 0) is 29.7 Å². The van der Waals surface area contributed by atoms with Gasteiger partial charge in [-0.15, -0.1) is 5.10 Å². The van der Waals surface area contributed by atoms with E-state index in [0.29, 0.717) is 11.4 Å². The highest BCUT2D eigenvalue weighted by Crippen LogP contribution is 2.30. The molecular weight excluding hydrogens is 314 g/mol. The molecule has 6 nitrogen and oxygen atoms in total. The third kappa shape index (κ3) is 3.95. The Hall–Kier alpha value is -1.60. The van der Waals surface area contributed by atoms with E-state index in [1.54, 1.807) is 30.1 Å². The maximum atomic E-state index is 11.4. The van der Waals surface area contributed by atoms with Crippen LogP contribution in [0.4, 0.5) is 0 Å². The number of halogens is 1. The molecule has 0 aliphatic heterocycles. The second-order valence-electron chi connectivity index (χ2n) is 4.96. The normalized spacial score (nSPS) is 11.9. The largest absolute Gasteiger partial charge is 0.487 e. The Morgan fingerprint density at radius 1 is 1.38 bits per heavy atom. The Bertz CT molecular complexity index is 741. The topological polar surface area (TPSA) is 74.1 Å². The molecule has 0 saturated carbocycles. The number of aryl methyl sites for hydroxylation is 1. The molecule has 1 heterocycles. The zero-order valence-corrected chi connectivity index (χ0v) is 13.5. The van der Waals surface area contributed by atoms with Crippen molar-refractivity contribution in [3.05, 3.63) is 35.7 Å². The van der Waals surface area contributed by atoms with Crippen LogP contribution in [0.3, 0.4) is 0 Å². The fourth-order valence-corrected chi connectivity index (χ4v) is 2.66. The van der Waals surface area contributed by atoms with E-state index in [1.165, 1.54) is 6.07 Å². The van der Waals surface area contributed by atoms with Gasteiger partial charge in [-0.2, -0.15) is 0 Å². The Labute approximate surface area is 128 Å². The summed E-state index contributed by atoms with van der Waals surface area (Å²) in [5.41, 5.74) is 1.47. The molecule has 0 atom stereocenters. The van der Waals surface area contributed by atoms with Crippen LogP contribution in [0.5, 0.6) is 5.75 Å². The van der Waals surface area contributed by atoms with E-state index in [1.807, 2.05) is 13.8 Å². The monoisotopic (exact) mass is 329 g/mol. The maximum Gasteiger partial charge on any atom is 0.261 e. The number of nitrogens with zero attached hydrogens (tertiary/aromatic N) is 3. The van der Waals surface area contributed by atoms with Gasteiger partial charge in [0.2, 0.25) is 0 Å². The molecule has 2 aromatic rings. The summed E-state index contributed by atoms with van der Waals surface area (Å²) < 4.78 is 30.1. The van der Waals surface area contributed by atoms with Crippen molar-refractivity contribution in [3.63, 3.8) is 0 Å². The minimum absolute atomic E-state index is 0.0692. The minimum atomic E-state index is -3.75. The molecule has 0 aliphatic rings. The third-order valence-electron chi connectivity index (χ3n) is 2.91. The molecule has 0 aliphatic carbocycles. The van der Waals surface area contributed by atoms with Crippen molar-refractivity contribution in [1.29, 1.82) is 0 Å². The van der Waals surface area contributed by atoms with Crippen molar-refractivity contribution in [2.24, 2.45) is 7.05 Å². The van der Waals surface area contributed by atoms with E-state index in [2.05, 4.69) is 10.3 Å². The summed E-state index contributed by atoms with van der Waals surface area (Å²) in [5.74, 6) is 0.708. The van der Waals surface area contributed by atoms with Crippen LogP contribution in [-0.2, 0) is 22.7 Å². The Balaban J connectivity index is 2.26. The summed E-state index contributed by atoms with van der Waals surface area (Å²) in [4.78, 5) is 0.0692. The van der Waals surface area contributed by atoms with E-state index in [0.717, 1.165) is 5.56 Å². The Morgan fingerprint density at radius 2 is 2.10 bits per heavy atom. The van der Waals surface area contributed by atoms with Crippen molar-refractivity contribution in [3.8, 4) is 5.75 Å². The molecule has 0 unspecified atom stereocenters. The Morgan fingerprint density at radius 3 is 2.62 bits per heavy atom. The van der Waals surface area contributed by atoms with Gasteiger partial charge < -0.3 is 4.74 Å². The van der Waals surface area contributed by atoms with Gasteiger partial charge in [0.05, 0.1) is 11.1 Å². The second kappa shape index (κ2) is 6.03. The summed E-state index contributed by atoms with van der Waals surface area (Å²) in [6.07, 6.45) is 1.76. The molecule has 1 aromatic carbocycles. The summed E-state index contributed by atoms with van der Waals surface area (Å²) >= 11 is 0. The van der Waals surface area contributed by atoms with E-state index in [9.17, 15) is 8.42 Å². The smallest absolute Gasteiger partial charge is 0.261 e. The van der Waals surface area contributed by atoms with Crippen molar-refractivity contribution < 1.29 is 13.2 Å². The zero-order chi connectivity index (χ0) is 15.6.